The van der Waals surface area contributed by atoms with Crippen molar-refractivity contribution >= 4 is 16.5 Å². The molecule has 1 aromatic carbocycles. The molecule has 0 saturated heterocycles. The van der Waals surface area contributed by atoms with Gasteiger partial charge < -0.3 is 10.1 Å². The lowest BCUT2D eigenvalue weighted by Crippen LogP contribution is -1.99. The molecule has 3 rings (SSSR count). The molecule has 0 radical (unpaired) electrons. The second kappa shape index (κ2) is 3.41. The quantitative estimate of drug-likeness (QED) is 0.643. The number of aromatic nitrogens is 1. The molecule has 0 atom stereocenters. The molecule has 1 heterocycles. The van der Waals surface area contributed by atoms with Crippen molar-refractivity contribution in [3.05, 3.63) is 41.3 Å². The predicted octanol–water partition coefficient (Wildman–Crippen LogP) is 3.71. The monoisotopic (exact) mass is 213 g/mol. The third kappa shape index (κ3) is 1.26. The summed E-state index contributed by atoms with van der Waals surface area (Å²) in [5, 5.41) is 10.6. The zero-order valence-corrected chi connectivity index (χ0v) is 9.38. The van der Waals surface area contributed by atoms with Gasteiger partial charge in [-0.05, 0) is 43.9 Å². The van der Waals surface area contributed by atoms with Crippen molar-refractivity contribution in [3.8, 4) is 0 Å². The normalized spacial score (nSPS) is 17.9. The van der Waals surface area contributed by atoms with Crippen LogP contribution in [0.5, 0.6) is 0 Å². The Bertz CT molecular complexity index is 578. The SMILES string of the molecule is Cc1ccc2[nH]c3c(c2c1)/C(=C/O)CCC3. The smallest absolute Gasteiger partial charge is 0.0830 e. The number of aryl methyl sites for hydroxylation is 2. The van der Waals surface area contributed by atoms with E-state index in [1.807, 2.05) is 0 Å². The highest BCUT2D eigenvalue weighted by atomic mass is 16.2. The van der Waals surface area contributed by atoms with Gasteiger partial charge in [-0.2, -0.15) is 0 Å². The van der Waals surface area contributed by atoms with E-state index in [2.05, 4.69) is 30.1 Å². The number of aliphatic hydroxyl groups is 1. The van der Waals surface area contributed by atoms with Gasteiger partial charge in [0.1, 0.15) is 0 Å². The lowest BCUT2D eigenvalue weighted by Gasteiger charge is -2.14. The molecule has 0 spiro atoms. The molecule has 0 amide bonds. The van der Waals surface area contributed by atoms with Gasteiger partial charge in [0, 0.05) is 22.2 Å². The van der Waals surface area contributed by atoms with Crippen LogP contribution in [-0.4, -0.2) is 10.1 Å². The molecule has 82 valence electrons. The zero-order chi connectivity index (χ0) is 11.1. The predicted molar refractivity (Wildman–Crippen MR) is 66.6 cm³/mol. The first-order chi connectivity index (χ1) is 7.79. The van der Waals surface area contributed by atoms with Crippen LogP contribution in [0.2, 0.25) is 0 Å². The fraction of sp³-hybridized carbons (Fsp3) is 0.286. The molecule has 2 heteroatoms. The minimum atomic E-state index is 0.977. The molecule has 1 aliphatic rings. The number of fused-ring (bicyclic) bond motifs is 3. The van der Waals surface area contributed by atoms with Crippen molar-refractivity contribution in [2.75, 3.05) is 0 Å². The van der Waals surface area contributed by atoms with E-state index < -0.39 is 0 Å². The molecular weight excluding hydrogens is 198 g/mol. The van der Waals surface area contributed by atoms with Crippen LogP contribution < -0.4 is 0 Å². The standard InChI is InChI=1S/C14H15NO/c1-9-5-6-12-11(7-9)14-10(8-16)3-2-4-13(14)15-12/h5-8,15-16H,2-4H2,1H3/b10-8+. The minimum absolute atomic E-state index is 0.977. The van der Waals surface area contributed by atoms with E-state index in [0.717, 1.165) is 24.8 Å². The Hall–Kier alpha value is -1.70. The Balaban J connectivity index is 2.36. The third-order valence-corrected chi connectivity index (χ3v) is 3.38. The summed E-state index contributed by atoms with van der Waals surface area (Å²) in [4.78, 5) is 3.46. The van der Waals surface area contributed by atoms with Crippen LogP contribution in [0.25, 0.3) is 16.5 Å². The highest BCUT2D eigenvalue weighted by molar-refractivity contribution is 5.95. The first-order valence-corrected chi connectivity index (χ1v) is 5.74. The minimum Gasteiger partial charge on any atom is -0.515 e. The maximum atomic E-state index is 9.31. The number of hydrogen-bond acceptors (Lipinski definition) is 1. The molecule has 2 aromatic rings. The molecule has 0 unspecified atom stereocenters. The average Bonchev–Trinajstić information content (AvgIpc) is 2.66. The van der Waals surface area contributed by atoms with Crippen LogP contribution >= 0.6 is 0 Å². The van der Waals surface area contributed by atoms with E-state index in [4.69, 9.17) is 0 Å². The van der Waals surface area contributed by atoms with Crippen molar-refractivity contribution in [2.24, 2.45) is 0 Å². The number of aromatic amines is 1. The van der Waals surface area contributed by atoms with Crippen molar-refractivity contribution in [1.82, 2.24) is 4.98 Å². The molecule has 0 fully saturated rings. The van der Waals surface area contributed by atoms with E-state index in [0.29, 0.717) is 0 Å². The maximum absolute atomic E-state index is 9.31. The van der Waals surface area contributed by atoms with Crippen LogP contribution in [0.15, 0.2) is 24.5 Å². The second-order valence-corrected chi connectivity index (χ2v) is 4.54. The number of aliphatic hydroxyl groups excluding tert-OH is 1. The Morgan fingerprint density at radius 3 is 3.00 bits per heavy atom. The molecule has 16 heavy (non-hydrogen) atoms. The Labute approximate surface area is 94.6 Å². The van der Waals surface area contributed by atoms with E-state index in [1.54, 1.807) is 0 Å². The summed E-state index contributed by atoms with van der Waals surface area (Å²) in [6, 6.07) is 6.43. The summed E-state index contributed by atoms with van der Waals surface area (Å²) in [7, 11) is 0. The fourth-order valence-corrected chi connectivity index (χ4v) is 2.63. The number of H-pyrrole nitrogens is 1. The van der Waals surface area contributed by atoms with Gasteiger partial charge in [-0.25, -0.2) is 0 Å². The van der Waals surface area contributed by atoms with Gasteiger partial charge in [0.05, 0.1) is 6.26 Å². The van der Waals surface area contributed by atoms with Gasteiger partial charge in [0.25, 0.3) is 0 Å². The number of nitrogens with one attached hydrogen (secondary N) is 1. The maximum Gasteiger partial charge on any atom is 0.0830 e. The summed E-state index contributed by atoms with van der Waals surface area (Å²) in [6.45, 7) is 2.10. The van der Waals surface area contributed by atoms with Gasteiger partial charge in [-0.3, -0.25) is 0 Å². The molecule has 2 nitrogen and oxygen atoms in total. The van der Waals surface area contributed by atoms with E-state index in [1.165, 1.54) is 34.0 Å². The van der Waals surface area contributed by atoms with Crippen LogP contribution in [0.1, 0.15) is 29.7 Å². The third-order valence-electron chi connectivity index (χ3n) is 3.38. The average molecular weight is 213 g/mol. The number of allylic oxidation sites excluding steroid dienone is 1. The van der Waals surface area contributed by atoms with Gasteiger partial charge in [0.15, 0.2) is 0 Å². The van der Waals surface area contributed by atoms with Gasteiger partial charge in [-0.1, -0.05) is 11.6 Å². The van der Waals surface area contributed by atoms with E-state index in [9.17, 15) is 5.11 Å². The van der Waals surface area contributed by atoms with E-state index >= 15 is 0 Å². The Morgan fingerprint density at radius 1 is 1.31 bits per heavy atom. The number of benzene rings is 1. The number of hydrogen-bond donors (Lipinski definition) is 2. The Kier molecular flexibility index (Phi) is 2.03. The van der Waals surface area contributed by atoms with Crippen molar-refractivity contribution in [3.63, 3.8) is 0 Å². The lowest BCUT2D eigenvalue weighted by atomic mass is 9.91. The van der Waals surface area contributed by atoms with Crippen LogP contribution in [0.3, 0.4) is 0 Å². The topological polar surface area (TPSA) is 36.0 Å². The van der Waals surface area contributed by atoms with Gasteiger partial charge >= 0.3 is 0 Å². The molecule has 1 aliphatic carbocycles. The molecule has 0 saturated carbocycles. The van der Waals surface area contributed by atoms with Gasteiger partial charge in [-0.15, -0.1) is 0 Å². The summed E-state index contributed by atoms with van der Waals surface area (Å²) < 4.78 is 0. The van der Waals surface area contributed by atoms with Gasteiger partial charge in [0.2, 0.25) is 0 Å². The molecule has 2 N–H and O–H groups in total. The summed E-state index contributed by atoms with van der Waals surface area (Å²) in [6.07, 6.45) is 4.45. The first kappa shape index (κ1) is 9.52. The zero-order valence-electron chi connectivity index (χ0n) is 9.38. The first-order valence-electron chi connectivity index (χ1n) is 5.74. The van der Waals surface area contributed by atoms with Crippen molar-refractivity contribution < 1.29 is 5.11 Å². The van der Waals surface area contributed by atoms with Crippen LogP contribution in [-0.2, 0) is 6.42 Å². The molecule has 1 aromatic heterocycles. The summed E-state index contributed by atoms with van der Waals surface area (Å²) >= 11 is 0. The second-order valence-electron chi connectivity index (χ2n) is 4.54. The highest BCUT2D eigenvalue weighted by Crippen LogP contribution is 2.36. The highest BCUT2D eigenvalue weighted by Gasteiger charge is 2.19. The van der Waals surface area contributed by atoms with Crippen molar-refractivity contribution in [1.29, 1.82) is 0 Å². The Morgan fingerprint density at radius 2 is 2.19 bits per heavy atom. The summed E-state index contributed by atoms with van der Waals surface area (Å²) in [5.41, 5.74) is 6.01. The van der Waals surface area contributed by atoms with Crippen LogP contribution in [0, 0.1) is 6.92 Å². The van der Waals surface area contributed by atoms with Crippen LogP contribution in [0.4, 0.5) is 0 Å². The molecule has 0 aliphatic heterocycles. The number of rotatable bonds is 0. The summed E-state index contributed by atoms with van der Waals surface area (Å²) in [5.74, 6) is 0. The largest absolute Gasteiger partial charge is 0.515 e. The molecular formula is C14H15NO. The van der Waals surface area contributed by atoms with E-state index in [-0.39, 0.29) is 0 Å². The lowest BCUT2D eigenvalue weighted by molar-refractivity contribution is 0.473. The molecule has 0 bridgehead atoms. The fourth-order valence-electron chi connectivity index (χ4n) is 2.63. The van der Waals surface area contributed by atoms with Crippen molar-refractivity contribution in [2.45, 2.75) is 26.2 Å².